The van der Waals surface area contributed by atoms with Gasteiger partial charge in [0.15, 0.2) is 0 Å². The van der Waals surface area contributed by atoms with Gasteiger partial charge in [-0.3, -0.25) is 0 Å². The van der Waals surface area contributed by atoms with Gasteiger partial charge in [-0.25, -0.2) is 12.7 Å². The molecule has 0 aromatic heterocycles. The van der Waals surface area contributed by atoms with Gasteiger partial charge in [0, 0.05) is 13.1 Å². The van der Waals surface area contributed by atoms with Crippen LogP contribution in [0.15, 0.2) is 0 Å². The second-order valence-electron chi connectivity index (χ2n) is 3.54. The van der Waals surface area contributed by atoms with Crippen LogP contribution in [0.5, 0.6) is 0 Å². The van der Waals surface area contributed by atoms with Crippen LogP contribution in [0.4, 0.5) is 0 Å². The van der Waals surface area contributed by atoms with Crippen LogP contribution in [-0.4, -0.2) is 32.1 Å². The molecule has 0 amide bonds. The topological polar surface area (TPSA) is 37.4 Å². The molecule has 1 aliphatic heterocycles. The first-order valence-electron chi connectivity index (χ1n) is 4.49. The highest BCUT2D eigenvalue weighted by atomic mass is 32.2. The molecule has 0 aromatic carbocycles. The zero-order chi connectivity index (χ0) is 9.19. The van der Waals surface area contributed by atoms with Crippen LogP contribution < -0.4 is 0 Å². The normalized spacial score (nSPS) is 27.3. The summed E-state index contributed by atoms with van der Waals surface area (Å²) in [4.78, 5) is 0. The minimum Gasteiger partial charge on any atom is -0.213 e. The maximum Gasteiger partial charge on any atom is 0.211 e. The van der Waals surface area contributed by atoms with E-state index in [1.54, 1.807) is 4.31 Å². The van der Waals surface area contributed by atoms with Gasteiger partial charge in [-0.15, -0.1) is 0 Å². The van der Waals surface area contributed by atoms with E-state index >= 15 is 0 Å². The van der Waals surface area contributed by atoms with Crippen molar-refractivity contribution in [1.29, 1.82) is 0 Å². The standard InChI is InChI=1S/C8H17NO2S/c1-3-8-5-4-6-9(7-8)12(2,10)11/h8H,3-7H2,1-2H3/t8-/m0/s1. The third kappa shape index (κ3) is 2.45. The minimum atomic E-state index is -2.94. The fraction of sp³-hybridized carbons (Fsp3) is 1.00. The van der Waals surface area contributed by atoms with Crippen LogP contribution in [-0.2, 0) is 10.0 Å². The molecule has 0 unspecified atom stereocenters. The quantitative estimate of drug-likeness (QED) is 0.654. The Balaban J connectivity index is 2.58. The molecule has 1 aliphatic rings. The lowest BCUT2D eigenvalue weighted by atomic mass is 9.97. The monoisotopic (exact) mass is 191 g/mol. The van der Waals surface area contributed by atoms with Gasteiger partial charge in [0.1, 0.15) is 0 Å². The Hall–Kier alpha value is -0.0900. The Bertz CT molecular complexity index is 235. The molecular weight excluding hydrogens is 174 g/mol. The van der Waals surface area contributed by atoms with Crippen molar-refractivity contribution in [1.82, 2.24) is 4.31 Å². The molecule has 1 fully saturated rings. The summed E-state index contributed by atoms with van der Waals surface area (Å²) in [5, 5.41) is 0. The van der Waals surface area contributed by atoms with Crippen molar-refractivity contribution in [2.24, 2.45) is 5.92 Å². The molecule has 0 N–H and O–H groups in total. The maximum atomic E-state index is 11.2. The van der Waals surface area contributed by atoms with Gasteiger partial charge < -0.3 is 0 Å². The average molecular weight is 191 g/mol. The van der Waals surface area contributed by atoms with Gasteiger partial charge in [0.2, 0.25) is 10.0 Å². The van der Waals surface area contributed by atoms with E-state index < -0.39 is 10.0 Å². The molecule has 0 aliphatic carbocycles. The van der Waals surface area contributed by atoms with Crippen molar-refractivity contribution in [3.05, 3.63) is 0 Å². The Labute approximate surface area is 74.8 Å². The third-order valence-corrected chi connectivity index (χ3v) is 3.80. The average Bonchev–Trinajstić information content (AvgIpc) is 2.03. The lowest BCUT2D eigenvalue weighted by molar-refractivity contribution is 0.263. The highest BCUT2D eigenvalue weighted by Gasteiger charge is 2.24. The van der Waals surface area contributed by atoms with Crippen LogP contribution in [0, 0.1) is 5.92 Å². The van der Waals surface area contributed by atoms with Crippen molar-refractivity contribution in [2.45, 2.75) is 26.2 Å². The zero-order valence-corrected chi connectivity index (χ0v) is 8.60. The van der Waals surface area contributed by atoms with Gasteiger partial charge in [-0.2, -0.15) is 0 Å². The third-order valence-electron chi connectivity index (χ3n) is 2.53. The molecule has 4 heteroatoms. The summed E-state index contributed by atoms with van der Waals surface area (Å²) < 4.78 is 23.9. The van der Waals surface area contributed by atoms with Crippen molar-refractivity contribution in [3.63, 3.8) is 0 Å². The lowest BCUT2D eigenvalue weighted by Crippen LogP contribution is -2.38. The summed E-state index contributed by atoms with van der Waals surface area (Å²) in [6.45, 7) is 3.57. The minimum absolute atomic E-state index is 0.577. The summed E-state index contributed by atoms with van der Waals surface area (Å²) in [5.74, 6) is 0.577. The molecule has 72 valence electrons. The predicted octanol–water partition coefficient (Wildman–Crippen LogP) is 1.07. The van der Waals surface area contributed by atoms with E-state index in [-0.39, 0.29) is 0 Å². The van der Waals surface area contributed by atoms with Crippen LogP contribution in [0.25, 0.3) is 0 Å². The fourth-order valence-electron chi connectivity index (χ4n) is 1.66. The number of hydrogen-bond donors (Lipinski definition) is 0. The van der Waals surface area contributed by atoms with Crippen molar-refractivity contribution in [3.8, 4) is 0 Å². The molecule has 3 nitrogen and oxygen atoms in total. The van der Waals surface area contributed by atoms with Crippen LogP contribution in [0.2, 0.25) is 0 Å². The van der Waals surface area contributed by atoms with E-state index in [2.05, 4.69) is 6.92 Å². The summed E-state index contributed by atoms with van der Waals surface area (Å²) in [7, 11) is -2.94. The van der Waals surface area contributed by atoms with Gasteiger partial charge >= 0.3 is 0 Å². The first-order valence-corrected chi connectivity index (χ1v) is 6.34. The van der Waals surface area contributed by atoms with E-state index in [0.717, 1.165) is 25.9 Å². The van der Waals surface area contributed by atoms with Crippen LogP contribution >= 0.6 is 0 Å². The second-order valence-corrected chi connectivity index (χ2v) is 5.52. The first-order chi connectivity index (χ1) is 5.54. The predicted molar refractivity (Wildman–Crippen MR) is 49.4 cm³/mol. The Kier molecular flexibility index (Phi) is 3.12. The number of nitrogens with zero attached hydrogens (tertiary/aromatic N) is 1. The molecule has 0 spiro atoms. The fourth-order valence-corrected chi connectivity index (χ4v) is 2.60. The Morgan fingerprint density at radius 3 is 2.67 bits per heavy atom. The smallest absolute Gasteiger partial charge is 0.211 e. The van der Waals surface area contributed by atoms with E-state index in [0.29, 0.717) is 5.92 Å². The molecule has 1 rings (SSSR count). The van der Waals surface area contributed by atoms with E-state index in [1.807, 2.05) is 0 Å². The Morgan fingerprint density at radius 2 is 2.17 bits per heavy atom. The maximum absolute atomic E-state index is 11.2. The SMILES string of the molecule is CC[C@H]1CCCN(S(C)(=O)=O)C1. The molecule has 0 radical (unpaired) electrons. The number of piperidine rings is 1. The van der Waals surface area contributed by atoms with E-state index in [9.17, 15) is 8.42 Å². The van der Waals surface area contributed by atoms with E-state index in [1.165, 1.54) is 12.7 Å². The molecule has 0 bridgehead atoms. The van der Waals surface area contributed by atoms with Crippen molar-refractivity contribution in [2.75, 3.05) is 19.3 Å². The zero-order valence-electron chi connectivity index (χ0n) is 7.78. The molecule has 0 saturated carbocycles. The summed E-state index contributed by atoms with van der Waals surface area (Å²) in [6, 6.07) is 0. The highest BCUT2D eigenvalue weighted by Crippen LogP contribution is 2.20. The van der Waals surface area contributed by atoms with Gasteiger partial charge in [-0.05, 0) is 18.8 Å². The number of rotatable bonds is 2. The molecule has 0 aromatic rings. The molecule has 1 heterocycles. The van der Waals surface area contributed by atoms with Crippen molar-refractivity contribution < 1.29 is 8.42 Å². The van der Waals surface area contributed by atoms with Gasteiger partial charge in [0.05, 0.1) is 6.26 Å². The van der Waals surface area contributed by atoms with Gasteiger partial charge in [-0.1, -0.05) is 13.3 Å². The molecule has 12 heavy (non-hydrogen) atoms. The molecule has 1 atom stereocenters. The number of sulfonamides is 1. The largest absolute Gasteiger partial charge is 0.213 e. The van der Waals surface area contributed by atoms with Crippen LogP contribution in [0.3, 0.4) is 0 Å². The van der Waals surface area contributed by atoms with Crippen molar-refractivity contribution >= 4 is 10.0 Å². The summed E-state index contributed by atoms with van der Waals surface area (Å²) in [5.41, 5.74) is 0. The first kappa shape index (κ1) is 9.99. The van der Waals surface area contributed by atoms with Crippen LogP contribution in [0.1, 0.15) is 26.2 Å². The van der Waals surface area contributed by atoms with Gasteiger partial charge in [0.25, 0.3) is 0 Å². The summed E-state index contributed by atoms with van der Waals surface area (Å²) in [6.07, 6.45) is 4.59. The lowest BCUT2D eigenvalue weighted by Gasteiger charge is -2.30. The summed E-state index contributed by atoms with van der Waals surface area (Å²) >= 11 is 0. The Morgan fingerprint density at radius 1 is 1.50 bits per heavy atom. The second kappa shape index (κ2) is 3.75. The molecular formula is C8H17NO2S. The molecule has 1 saturated heterocycles. The van der Waals surface area contributed by atoms with E-state index in [4.69, 9.17) is 0 Å². The number of hydrogen-bond acceptors (Lipinski definition) is 2. The highest BCUT2D eigenvalue weighted by molar-refractivity contribution is 7.88.